The molecule has 24 heavy (non-hydrogen) atoms. The lowest BCUT2D eigenvalue weighted by Gasteiger charge is -2.33. The van der Waals surface area contributed by atoms with E-state index in [-0.39, 0.29) is 24.2 Å². The quantitative estimate of drug-likeness (QED) is 0.832. The van der Waals surface area contributed by atoms with Gasteiger partial charge in [-0.2, -0.15) is 0 Å². The first kappa shape index (κ1) is 20.7. The van der Waals surface area contributed by atoms with Crippen molar-refractivity contribution in [2.24, 2.45) is 5.92 Å². The second kappa shape index (κ2) is 9.87. The molecule has 5 nitrogen and oxygen atoms in total. The molecule has 7 heteroatoms. The van der Waals surface area contributed by atoms with Gasteiger partial charge in [-0.25, -0.2) is 0 Å². The molecule has 1 unspecified atom stereocenters. The van der Waals surface area contributed by atoms with E-state index >= 15 is 0 Å². The Morgan fingerprint density at radius 2 is 1.83 bits per heavy atom. The number of hydrogen-bond acceptors (Lipinski definition) is 3. The van der Waals surface area contributed by atoms with Crippen molar-refractivity contribution in [1.29, 1.82) is 0 Å². The van der Waals surface area contributed by atoms with Crippen LogP contribution in [0.25, 0.3) is 0 Å². The Hall–Kier alpha value is -1.30. The molecular weight excluding hydrogens is 349 g/mol. The molecule has 1 aromatic rings. The number of hydrogen-bond donors (Lipinski definition) is 2. The van der Waals surface area contributed by atoms with Crippen LogP contribution in [-0.4, -0.2) is 49.4 Å². The van der Waals surface area contributed by atoms with E-state index in [1.165, 1.54) is 0 Å². The number of piperidine rings is 1. The normalized spacial score (nSPS) is 16.2. The van der Waals surface area contributed by atoms with Gasteiger partial charge in [0.05, 0.1) is 0 Å². The SMILES string of the molecule is CNCC1CCN(C(=O)C(C)NC(=O)c2ccc(Cl)cc2)CC1.Cl. The maximum atomic E-state index is 12.5. The highest BCUT2D eigenvalue weighted by atomic mass is 35.5. The highest BCUT2D eigenvalue weighted by Crippen LogP contribution is 2.17. The number of benzene rings is 1. The van der Waals surface area contributed by atoms with Gasteiger partial charge in [0.15, 0.2) is 0 Å². The smallest absolute Gasteiger partial charge is 0.251 e. The van der Waals surface area contributed by atoms with Crippen molar-refractivity contribution in [1.82, 2.24) is 15.5 Å². The Morgan fingerprint density at radius 3 is 2.38 bits per heavy atom. The van der Waals surface area contributed by atoms with Crippen molar-refractivity contribution in [3.63, 3.8) is 0 Å². The average Bonchev–Trinajstić information content (AvgIpc) is 2.55. The molecule has 134 valence electrons. The van der Waals surface area contributed by atoms with Crippen molar-refractivity contribution < 1.29 is 9.59 Å². The van der Waals surface area contributed by atoms with Crippen LogP contribution >= 0.6 is 24.0 Å². The first-order chi connectivity index (χ1) is 11.0. The summed E-state index contributed by atoms with van der Waals surface area (Å²) in [7, 11) is 1.95. The number of nitrogens with zero attached hydrogens (tertiary/aromatic N) is 1. The first-order valence-electron chi connectivity index (χ1n) is 8.01. The van der Waals surface area contributed by atoms with Gasteiger partial charge in [0.1, 0.15) is 6.04 Å². The average molecular weight is 374 g/mol. The van der Waals surface area contributed by atoms with Crippen LogP contribution < -0.4 is 10.6 Å². The number of carbonyl (C=O) groups is 2. The first-order valence-corrected chi connectivity index (χ1v) is 8.39. The zero-order chi connectivity index (χ0) is 16.8. The molecule has 2 amide bonds. The zero-order valence-corrected chi connectivity index (χ0v) is 15.6. The lowest BCUT2D eigenvalue weighted by Crippen LogP contribution is -2.49. The second-order valence-electron chi connectivity index (χ2n) is 6.03. The van der Waals surface area contributed by atoms with E-state index in [0.29, 0.717) is 16.5 Å². The number of carbonyl (C=O) groups excluding carboxylic acids is 2. The van der Waals surface area contributed by atoms with E-state index in [0.717, 1.165) is 32.5 Å². The minimum atomic E-state index is -0.529. The zero-order valence-electron chi connectivity index (χ0n) is 14.0. The number of rotatable bonds is 5. The maximum absolute atomic E-state index is 12.5. The third-order valence-electron chi connectivity index (χ3n) is 4.24. The summed E-state index contributed by atoms with van der Waals surface area (Å²) in [6.45, 7) is 4.24. The van der Waals surface area contributed by atoms with Crippen LogP contribution in [0.1, 0.15) is 30.1 Å². The van der Waals surface area contributed by atoms with Crippen LogP contribution in [0.4, 0.5) is 0 Å². The fourth-order valence-corrected chi connectivity index (χ4v) is 2.99. The van der Waals surface area contributed by atoms with Crippen LogP contribution in [0.3, 0.4) is 0 Å². The molecule has 1 fully saturated rings. The molecule has 0 aromatic heterocycles. The molecule has 0 saturated carbocycles. The molecule has 0 bridgehead atoms. The fourth-order valence-electron chi connectivity index (χ4n) is 2.86. The predicted octanol–water partition coefficient (Wildman–Crippen LogP) is 2.34. The Kier molecular flexibility index (Phi) is 8.53. The maximum Gasteiger partial charge on any atom is 0.251 e. The molecule has 2 rings (SSSR count). The van der Waals surface area contributed by atoms with Gasteiger partial charge in [-0.1, -0.05) is 11.6 Å². The second-order valence-corrected chi connectivity index (χ2v) is 6.46. The standard InChI is InChI=1S/C17H24ClN3O2.ClH/c1-12(20-16(22)14-3-5-15(18)6-4-14)17(23)21-9-7-13(8-10-21)11-19-2;/h3-6,12-13,19H,7-11H2,1-2H3,(H,20,22);1H. The molecule has 1 heterocycles. The monoisotopic (exact) mass is 373 g/mol. The van der Waals surface area contributed by atoms with Gasteiger partial charge in [0.2, 0.25) is 5.91 Å². The number of amides is 2. The molecule has 0 radical (unpaired) electrons. The summed E-state index contributed by atoms with van der Waals surface area (Å²) in [5, 5.41) is 6.52. The Balaban J connectivity index is 0.00000288. The van der Waals surface area contributed by atoms with Gasteiger partial charge in [0, 0.05) is 23.7 Å². The molecule has 0 spiro atoms. The van der Waals surface area contributed by atoms with Gasteiger partial charge >= 0.3 is 0 Å². The summed E-state index contributed by atoms with van der Waals surface area (Å²) in [4.78, 5) is 26.5. The van der Waals surface area contributed by atoms with Crippen molar-refractivity contribution in [3.05, 3.63) is 34.9 Å². The van der Waals surface area contributed by atoms with Crippen molar-refractivity contribution >= 4 is 35.8 Å². The highest BCUT2D eigenvalue weighted by Gasteiger charge is 2.26. The minimum absolute atomic E-state index is 0. The fraction of sp³-hybridized carbons (Fsp3) is 0.529. The summed E-state index contributed by atoms with van der Waals surface area (Å²) >= 11 is 5.81. The van der Waals surface area contributed by atoms with Gasteiger partial charge in [-0.05, 0) is 63.5 Å². The number of nitrogens with one attached hydrogen (secondary N) is 2. The Labute approximate surface area is 154 Å². The highest BCUT2D eigenvalue weighted by molar-refractivity contribution is 6.30. The van der Waals surface area contributed by atoms with Crippen LogP contribution in [0.2, 0.25) is 5.02 Å². The number of likely N-dealkylation sites (tertiary alicyclic amines) is 1. The third kappa shape index (κ3) is 5.65. The minimum Gasteiger partial charge on any atom is -0.341 e. The molecule has 1 atom stereocenters. The van der Waals surface area contributed by atoms with Gasteiger partial charge in [-0.3, -0.25) is 9.59 Å². The predicted molar refractivity (Wildman–Crippen MR) is 98.9 cm³/mol. The Morgan fingerprint density at radius 1 is 1.25 bits per heavy atom. The van der Waals surface area contributed by atoms with Crippen LogP contribution in [0.5, 0.6) is 0 Å². The van der Waals surface area contributed by atoms with Gasteiger partial charge in [-0.15, -0.1) is 12.4 Å². The molecule has 1 aromatic carbocycles. The lowest BCUT2D eigenvalue weighted by molar-refractivity contribution is -0.134. The van der Waals surface area contributed by atoms with E-state index in [4.69, 9.17) is 11.6 Å². The van der Waals surface area contributed by atoms with Crippen molar-refractivity contribution in [3.8, 4) is 0 Å². The summed E-state index contributed by atoms with van der Waals surface area (Å²) in [5.74, 6) is 0.353. The number of halogens is 2. The molecule has 1 aliphatic rings. The van der Waals surface area contributed by atoms with Crippen LogP contribution in [-0.2, 0) is 4.79 Å². The summed E-state index contributed by atoms with van der Waals surface area (Å²) in [5.41, 5.74) is 0.502. The van der Waals surface area contributed by atoms with E-state index < -0.39 is 6.04 Å². The van der Waals surface area contributed by atoms with Crippen molar-refractivity contribution in [2.45, 2.75) is 25.8 Å². The molecule has 2 N–H and O–H groups in total. The van der Waals surface area contributed by atoms with Gasteiger partial charge in [0.25, 0.3) is 5.91 Å². The molecule has 1 aliphatic heterocycles. The largest absolute Gasteiger partial charge is 0.341 e. The lowest BCUT2D eigenvalue weighted by atomic mass is 9.96. The third-order valence-corrected chi connectivity index (χ3v) is 4.50. The van der Waals surface area contributed by atoms with E-state index in [1.807, 2.05) is 11.9 Å². The van der Waals surface area contributed by atoms with Crippen molar-refractivity contribution in [2.75, 3.05) is 26.7 Å². The van der Waals surface area contributed by atoms with Crippen LogP contribution in [0, 0.1) is 5.92 Å². The van der Waals surface area contributed by atoms with E-state index in [2.05, 4.69) is 10.6 Å². The molecule has 0 aliphatic carbocycles. The van der Waals surface area contributed by atoms with Crippen LogP contribution in [0.15, 0.2) is 24.3 Å². The van der Waals surface area contributed by atoms with E-state index in [1.54, 1.807) is 31.2 Å². The molecule has 1 saturated heterocycles. The summed E-state index contributed by atoms with van der Waals surface area (Å²) < 4.78 is 0. The summed E-state index contributed by atoms with van der Waals surface area (Å²) in [6, 6.07) is 6.10. The summed E-state index contributed by atoms with van der Waals surface area (Å²) in [6.07, 6.45) is 2.01. The topological polar surface area (TPSA) is 61.4 Å². The Bertz CT molecular complexity index is 543. The van der Waals surface area contributed by atoms with E-state index in [9.17, 15) is 9.59 Å². The molecular formula is C17H25Cl2N3O2. The van der Waals surface area contributed by atoms with Gasteiger partial charge < -0.3 is 15.5 Å².